The van der Waals surface area contributed by atoms with Gasteiger partial charge in [0.2, 0.25) is 0 Å². The molecule has 0 fully saturated rings. The van der Waals surface area contributed by atoms with Gasteiger partial charge in [-0.25, -0.2) is 0 Å². The highest BCUT2D eigenvalue weighted by molar-refractivity contribution is 4.82. The Morgan fingerprint density at radius 3 is 1.75 bits per heavy atom. The van der Waals surface area contributed by atoms with Crippen LogP contribution in [-0.2, 0) is 0 Å². The molecule has 0 amide bonds. The lowest BCUT2D eigenvalue weighted by Crippen LogP contribution is -2.50. The summed E-state index contributed by atoms with van der Waals surface area (Å²) in [7, 11) is 2.15. The smallest absolute Gasteiger partial charge is 0.0243 e. The maximum atomic E-state index is 5.73. The molecule has 1 atom stereocenters. The van der Waals surface area contributed by atoms with E-state index in [1.807, 2.05) is 0 Å². The molecule has 0 aliphatic carbocycles. The maximum absolute atomic E-state index is 5.73. The normalized spacial score (nSPS) is 15.8. The molecule has 0 bridgehead atoms. The summed E-state index contributed by atoms with van der Waals surface area (Å²) >= 11 is 0. The predicted molar refractivity (Wildman–Crippen MR) is 55.2 cm³/mol. The van der Waals surface area contributed by atoms with E-state index in [4.69, 9.17) is 5.73 Å². The summed E-state index contributed by atoms with van der Waals surface area (Å²) in [6, 6.07) is 0.491. The fourth-order valence-electron chi connectivity index (χ4n) is 1.37. The summed E-state index contributed by atoms with van der Waals surface area (Å²) in [5.41, 5.74) is 5.95. The Labute approximate surface area is 77.1 Å². The molecule has 74 valence electrons. The molecule has 0 aromatic rings. The first kappa shape index (κ1) is 11.9. The molecule has 0 spiro atoms. The van der Waals surface area contributed by atoms with Crippen LogP contribution in [0.2, 0.25) is 0 Å². The Balaban J connectivity index is 4.32. The van der Waals surface area contributed by atoms with Crippen molar-refractivity contribution in [2.75, 3.05) is 13.6 Å². The largest absolute Gasteiger partial charge is 0.329 e. The van der Waals surface area contributed by atoms with Crippen molar-refractivity contribution in [2.45, 2.75) is 46.2 Å². The summed E-state index contributed by atoms with van der Waals surface area (Å²) < 4.78 is 0. The molecule has 0 rings (SSSR count). The second-order valence-electron chi connectivity index (χ2n) is 4.83. The Bertz CT molecular complexity index is 124. The minimum absolute atomic E-state index is 0.217. The van der Waals surface area contributed by atoms with Gasteiger partial charge in [-0.1, -0.05) is 13.8 Å². The lowest BCUT2D eigenvalue weighted by atomic mass is 9.97. The molecule has 2 N–H and O–H groups in total. The van der Waals surface area contributed by atoms with Gasteiger partial charge >= 0.3 is 0 Å². The molecule has 12 heavy (non-hydrogen) atoms. The average molecular weight is 172 g/mol. The van der Waals surface area contributed by atoms with Gasteiger partial charge in [0.05, 0.1) is 0 Å². The van der Waals surface area contributed by atoms with E-state index in [1.54, 1.807) is 0 Å². The van der Waals surface area contributed by atoms with Crippen molar-refractivity contribution in [3.63, 3.8) is 0 Å². The first-order chi connectivity index (χ1) is 5.30. The van der Waals surface area contributed by atoms with Crippen LogP contribution in [0, 0.1) is 5.92 Å². The van der Waals surface area contributed by atoms with Gasteiger partial charge in [-0.05, 0) is 33.7 Å². The third-order valence-electron chi connectivity index (χ3n) is 2.57. The molecule has 1 unspecified atom stereocenters. The van der Waals surface area contributed by atoms with Crippen molar-refractivity contribution in [3.05, 3.63) is 0 Å². The van der Waals surface area contributed by atoms with Gasteiger partial charge in [-0.3, -0.25) is 4.90 Å². The lowest BCUT2D eigenvalue weighted by molar-refractivity contribution is 0.0924. The molecule has 0 aromatic carbocycles. The molecule has 0 radical (unpaired) electrons. The third-order valence-corrected chi connectivity index (χ3v) is 2.57. The van der Waals surface area contributed by atoms with Gasteiger partial charge in [0, 0.05) is 18.1 Å². The van der Waals surface area contributed by atoms with E-state index in [2.05, 4.69) is 46.6 Å². The van der Waals surface area contributed by atoms with Gasteiger partial charge in [0.15, 0.2) is 0 Å². The highest BCUT2D eigenvalue weighted by atomic mass is 15.2. The topological polar surface area (TPSA) is 29.3 Å². The molecule has 2 nitrogen and oxygen atoms in total. The molecule has 0 aliphatic rings. The highest BCUT2D eigenvalue weighted by Crippen LogP contribution is 2.18. The third kappa shape index (κ3) is 3.11. The van der Waals surface area contributed by atoms with E-state index in [0.29, 0.717) is 12.0 Å². The quantitative estimate of drug-likeness (QED) is 0.702. The second-order valence-corrected chi connectivity index (χ2v) is 4.83. The Kier molecular flexibility index (Phi) is 4.21. The van der Waals surface area contributed by atoms with Crippen molar-refractivity contribution in [3.8, 4) is 0 Å². The average Bonchev–Trinajstić information content (AvgIpc) is 1.86. The molecule has 0 saturated heterocycles. The van der Waals surface area contributed by atoms with E-state index in [0.717, 1.165) is 6.54 Å². The van der Waals surface area contributed by atoms with Gasteiger partial charge in [-0.15, -0.1) is 0 Å². The molecule has 0 saturated carbocycles. The second kappa shape index (κ2) is 4.24. The summed E-state index contributed by atoms with van der Waals surface area (Å²) in [4.78, 5) is 2.36. The molecule has 0 aromatic heterocycles. The van der Waals surface area contributed by atoms with E-state index in [1.165, 1.54) is 0 Å². The highest BCUT2D eigenvalue weighted by Gasteiger charge is 2.25. The molecule has 0 heterocycles. The fourth-order valence-corrected chi connectivity index (χ4v) is 1.37. The summed E-state index contributed by atoms with van der Waals surface area (Å²) in [5, 5.41) is 0. The summed E-state index contributed by atoms with van der Waals surface area (Å²) in [6.45, 7) is 11.8. The number of rotatable bonds is 3. The van der Waals surface area contributed by atoms with Crippen LogP contribution in [0.3, 0.4) is 0 Å². The van der Waals surface area contributed by atoms with Gasteiger partial charge in [0.25, 0.3) is 0 Å². The molecule has 2 heteroatoms. The van der Waals surface area contributed by atoms with Crippen molar-refractivity contribution < 1.29 is 0 Å². The van der Waals surface area contributed by atoms with Gasteiger partial charge in [-0.2, -0.15) is 0 Å². The van der Waals surface area contributed by atoms with E-state index in [-0.39, 0.29) is 5.54 Å². The fraction of sp³-hybridized carbons (Fsp3) is 1.00. The molecular weight excluding hydrogens is 148 g/mol. The zero-order chi connectivity index (χ0) is 9.94. The number of hydrogen-bond donors (Lipinski definition) is 1. The van der Waals surface area contributed by atoms with Crippen LogP contribution in [0.25, 0.3) is 0 Å². The first-order valence-electron chi connectivity index (χ1n) is 4.73. The zero-order valence-corrected chi connectivity index (χ0v) is 9.39. The summed E-state index contributed by atoms with van der Waals surface area (Å²) in [6.07, 6.45) is 0. The van der Waals surface area contributed by atoms with E-state index >= 15 is 0 Å². The van der Waals surface area contributed by atoms with Crippen LogP contribution < -0.4 is 5.73 Å². The number of nitrogens with zero attached hydrogens (tertiary/aromatic N) is 1. The summed E-state index contributed by atoms with van der Waals surface area (Å²) in [5.74, 6) is 0.624. The monoisotopic (exact) mass is 172 g/mol. The van der Waals surface area contributed by atoms with E-state index in [9.17, 15) is 0 Å². The van der Waals surface area contributed by atoms with Crippen molar-refractivity contribution in [1.29, 1.82) is 0 Å². The number of hydrogen-bond acceptors (Lipinski definition) is 2. The van der Waals surface area contributed by atoms with Crippen molar-refractivity contribution in [1.82, 2.24) is 4.90 Å². The minimum Gasteiger partial charge on any atom is -0.329 e. The minimum atomic E-state index is 0.217. The van der Waals surface area contributed by atoms with Gasteiger partial charge in [0.1, 0.15) is 0 Å². The first-order valence-corrected chi connectivity index (χ1v) is 4.73. The van der Waals surface area contributed by atoms with E-state index < -0.39 is 0 Å². The van der Waals surface area contributed by atoms with Crippen LogP contribution in [0.15, 0.2) is 0 Å². The van der Waals surface area contributed by atoms with Crippen LogP contribution >= 0.6 is 0 Å². The lowest BCUT2D eigenvalue weighted by Gasteiger charge is -2.40. The van der Waals surface area contributed by atoms with Crippen LogP contribution in [0.5, 0.6) is 0 Å². The number of nitrogens with two attached hydrogens (primary N) is 1. The Morgan fingerprint density at radius 1 is 1.25 bits per heavy atom. The molecule has 0 aliphatic heterocycles. The van der Waals surface area contributed by atoms with Crippen LogP contribution in [0.1, 0.15) is 34.6 Å². The standard InChI is InChI=1S/C10H24N2/c1-8(2)9(7-11)12(6)10(3,4)5/h8-9H,7,11H2,1-6H3. The zero-order valence-electron chi connectivity index (χ0n) is 9.39. The van der Waals surface area contributed by atoms with Crippen LogP contribution in [0.4, 0.5) is 0 Å². The number of likely N-dealkylation sites (N-methyl/N-ethyl adjacent to an activating group) is 1. The van der Waals surface area contributed by atoms with Crippen molar-refractivity contribution in [2.24, 2.45) is 11.7 Å². The molecular formula is C10H24N2. The Hall–Kier alpha value is -0.0800. The van der Waals surface area contributed by atoms with Crippen LogP contribution in [-0.4, -0.2) is 30.1 Å². The van der Waals surface area contributed by atoms with Gasteiger partial charge < -0.3 is 5.73 Å². The maximum Gasteiger partial charge on any atom is 0.0243 e. The van der Waals surface area contributed by atoms with Crippen molar-refractivity contribution >= 4 is 0 Å². The Morgan fingerprint density at radius 2 is 1.67 bits per heavy atom. The SMILES string of the molecule is CC(C)C(CN)N(C)C(C)(C)C. The predicted octanol–water partition coefficient (Wildman–Crippen LogP) is 1.70.